The summed E-state index contributed by atoms with van der Waals surface area (Å²) in [5.74, 6) is -2.88. The van der Waals surface area contributed by atoms with Crippen molar-refractivity contribution in [2.75, 3.05) is 5.31 Å². The number of rotatable bonds is 5. The lowest BCUT2D eigenvalue weighted by molar-refractivity contribution is -0.137. The number of nitrogens with one attached hydrogen (secondary N) is 2. The third-order valence-electron chi connectivity index (χ3n) is 3.22. The van der Waals surface area contributed by atoms with Gasteiger partial charge in [0, 0.05) is 23.5 Å². The normalized spacial score (nSPS) is 16.9. The van der Waals surface area contributed by atoms with Crippen LogP contribution in [0.5, 0.6) is 11.6 Å². The van der Waals surface area contributed by atoms with Gasteiger partial charge in [0.2, 0.25) is 11.8 Å². The molecule has 30 heavy (non-hydrogen) atoms. The van der Waals surface area contributed by atoms with E-state index in [4.69, 9.17) is 21.3 Å². The Bertz CT molecular complexity index is 1740. The van der Waals surface area contributed by atoms with E-state index in [1.165, 1.54) is 6.92 Å². The van der Waals surface area contributed by atoms with Crippen LogP contribution in [-0.4, -0.2) is 25.1 Å². The molecule has 2 heterocycles. The van der Waals surface area contributed by atoms with Crippen LogP contribution < -0.4 is 10.0 Å². The van der Waals surface area contributed by atoms with Crippen LogP contribution in [0.3, 0.4) is 0 Å². The number of ether oxygens (including phenoxy) is 1. The van der Waals surface area contributed by atoms with Crippen LogP contribution >= 0.6 is 0 Å². The molecule has 0 atom stereocenters. The highest BCUT2D eigenvalue weighted by molar-refractivity contribution is 5.60. The molecule has 0 fully saturated rings. The van der Waals surface area contributed by atoms with Crippen molar-refractivity contribution in [1.29, 1.82) is 0 Å². The quantitative estimate of drug-likeness (QED) is 0.462. The number of aromatic amines is 1. The largest absolute Gasteiger partial charge is 0.439 e. The smallest absolute Gasteiger partial charge is 0.416 e. The molecular formula is C20H15F3N6O. The summed E-state index contributed by atoms with van der Waals surface area (Å²) >= 11 is 0. The van der Waals surface area contributed by atoms with Crippen molar-refractivity contribution in [1.82, 2.24) is 25.1 Å². The van der Waals surface area contributed by atoms with Crippen LogP contribution in [0.1, 0.15) is 25.1 Å². The van der Waals surface area contributed by atoms with Crippen molar-refractivity contribution in [3.63, 3.8) is 0 Å². The average Bonchev–Trinajstić information content (AvgIpc) is 3.26. The Labute approximate surface area is 186 Å². The number of nitrogens with zero attached hydrogens (tertiary/aromatic N) is 4. The minimum absolute atomic E-state index is 0.0246. The Morgan fingerprint density at radius 1 is 1.13 bits per heavy atom. The standard InChI is InChI=1S/C20H15F3N6O/c1-12-24-10-9-17(25-12)30-16-7-5-13(6-8-16)18-27-19(29-28-18)26-15-4-2-3-14(11-15)20(21,22)23/h2-11H,1H3,(H2,26,27,28,29)/i2D,3D,4D,5D,6D,7D,8D,9D,10D,11D/hD2. The zero-order valence-corrected chi connectivity index (χ0v) is 14.7. The molecular weight excluding hydrogens is 397 g/mol. The van der Waals surface area contributed by atoms with E-state index in [9.17, 15) is 13.2 Å². The molecule has 7 nitrogen and oxygen atoms in total. The zero-order valence-electron chi connectivity index (χ0n) is 26.7. The molecule has 0 radical (unpaired) electrons. The van der Waals surface area contributed by atoms with Gasteiger partial charge in [-0.25, -0.2) is 4.98 Å². The Morgan fingerprint density at radius 3 is 2.70 bits per heavy atom. The summed E-state index contributed by atoms with van der Waals surface area (Å²) in [6, 6.07) is -9.27. The molecule has 0 unspecified atom stereocenters. The molecule has 4 rings (SSSR count). The maximum absolute atomic E-state index is 13.5. The Kier molecular flexibility index (Phi) is 2.53. The predicted molar refractivity (Wildman–Crippen MR) is 103 cm³/mol. The van der Waals surface area contributed by atoms with Crippen LogP contribution in [0.15, 0.2) is 60.6 Å². The molecule has 0 bridgehead atoms. The van der Waals surface area contributed by atoms with E-state index in [1.54, 1.807) is 0 Å². The maximum Gasteiger partial charge on any atom is 0.416 e. The summed E-state index contributed by atoms with van der Waals surface area (Å²) in [6.07, 6.45) is -5.82. The topological polar surface area (TPSA) is 88.6 Å². The van der Waals surface area contributed by atoms with Crippen molar-refractivity contribution < 1.29 is 34.4 Å². The van der Waals surface area contributed by atoms with Gasteiger partial charge in [0.05, 0.1) is 19.3 Å². The Morgan fingerprint density at radius 2 is 1.93 bits per heavy atom. The summed E-state index contributed by atoms with van der Waals surface area (Å²) in [4.78, 5) is 7.64. The number of H-pyrrole nitrogens is 1. The summed E-state index contributed by atoms with van der Waals surface area (Å²) in [6.45, 7) is 1.39. The highest BCUT2D eigenvalue weighted by Gasteiger charge is 2.30. The van der Waals surface area contributed by atoms with Gasteiger partial charge in [0.15, 0.2) is 8.65 Å². The van der Waals surface area contributed by atoms with Gasteiger partial charge in [-0.05, 0) is 49.2 Å². The van der Waals surface area contributed by atoms with Crippen molar-refractivity contribution in [2.24, 2.45) is 0 Å². The number of benzene rings is 2. The molecule has 2 aromatic heterocycles. The Balaban J connectivity index is 1.85. The second-order valence-electron chi connectivity index (χ2n) is 5.39. The molecule has 0 amide bonds. The van der Waals surface area contributed by atoms with Crippen molar-refractivity contribution in [3.05, 3.63) is 71.9 Å². The van der Waals surface area contributed by atoms with Gasteiger partial charge in [0.25, 0.3) is 0 Å². The van der Waals surface area contributed by atoms with Crippen molar-refractivity contribution in [2.45, 2.75) is 13.1 Å². The second-order valence-corrected chi connectivity index (χ2v) is 5.39. The number of hydrogen-bond donors (Lipinski definition) is 2. The summed E-state index contributed by atoms with van der Waals surface area (Å²) in [5.41, 5.74) is -3.70. The average molecular weight is 424 g/mol. The van der Waals surface area contributed by atoms with Gasteiger partial charge in [-0.1, -0.05) is 6.04 Å². The number of alkyl halides is 3. The number of anilines is 2. The molecule has 0 aliphatic rings. The van der Waals surface area contributed by atoms with Crippen LogP contribution in [-0.2, 0) is 6.18 Å². The van der Waals surface area contributed by atoms with E-state index in [2.05, 4.69) is 20.2 Å². The predicted octanol–water partition coefficient (Wildman–Crippen LogP) is 5.12. The van der Waals surface area contributed by atoms with E-state index in [1.807, 2.05) is 0 Å². The maximum atomic E-state index is 13.5. The fourth-order valence-corrected chi connectivity index (χ4v) is 1.98. The van der Waals surface area contributed by atoms with Crippen LogP contribution in [0.25, 0.3) is 11.4 Å². The minimum atomic E-state index is -5.29. The summed E-state index contributed by atoms with van der Waals surface area (Å²) in [5, 5.41) is 6.98. The fourth-order valence-electron chi connectivity index (χ4n) is 1.98. The number of aromatic nitrogens is 5. The molecule has 0 saturated heterocycles. The van der Waals surface area contributed by atoms with Crippen LogP contribution in [0.2, 0.25) is 2.82 Å². The molecule has 10 heteroatoms. The molecule has 2 N–H and O–H groups in total. The van der Waals surface area contributed by atoms with Gasteiger partial charge in [-0.3, -0.25) is 0 Å². The highest BCUT2D eigenvalue weighted by Crippen LogP contribution is 2.31. The first-order valence-corrected chi connectivity index (χ1v) is 7.91. The summed E-state index contributed by atoms with van der Waals surface area (Å²) in [7, 11) is 0. The first kappa shape index (κ1) is 9.70. The number of halogens is 3. The van der Waals surface area contributed by atoms with Gasteiger partial charge >= 0.3 is 6.18 Å². The highest BCUT2D eigenvalue weighted by atomic mass is 19.4. The lowest BCUT2D eigenvalue weighted by atomic mass is 10.2. The first-order chi connectivity index (χ1) is 19.4. The second kappa shape index (κ2) is 7.82. The third kappa shape index (κ3) is 4.54. The molecule has 0 saturated carbocycles. The molecule has 0 aliphatic carbocycles. The van der Waals surface area contributed by atoms with E-state index < -0.39 is 107 Å². The van der Waals surface area contributed by atoms with Gasteiger partial charge < -0.3 is 15.0 Å². The van der Waals surface area contributed by atoms with E-state index in [0.717, 1.165) is 0 Å². The van der Waals surface area contributed by atoms with Gasteiger partial charge in [-0.2, -0.15) is 18.2 Å². The van der Waals surface area contributed by atoms with Crippen molar-refractivity contribution in [3.8, 4) is 23.0 Å². The van der Waals surface area contributed by atoms with Crippen LogP contribution in [0.4, 0.5) is 24.8 Å². The van der Waals surface area contributed by atoms with Crippen LogP contribution in [0, 0.1) is 6.92 Å². The van der Waals surface area contributed by atoms with E-state index >= 15 is 0 Å². The van der Waals surface area contributed by atoms with Gasteiger partial charge in [-0.15, -0.1) is 10.2 Å². The zero-order chi connectivity index (χ0) is 31.6. The van der Waals surface area contributed by atoms with Gasteiger partial charge in [0.1, 0.15) is 11.6 Å². The van der Waals surface area contributed by atoms with Crippen molar-refractivity contribution >= 4 is 11.6 Å². The third-order valence-corrected chi connectivity index (χ3v) is 3.22. The first-order valence-electron chi connectivity index (χ1n) is 13.8. The summed E-state index contributed by atoms with van der Waals surface area (Å²) < 4.78 is 142. The SMILES string of the molecule is [2H]c1nc(C)nc(Oc2c([2H])c([2H])c(-c3nnc(N([2H])c4c([2H])c([2H])c([2H])c(C(F)(F)F)c4[2H])n3[2H])c([2H])c2[2H])c1[2H]. The molecule has 152 valence electrons. The molecule has 0 aliphatic heterocycles. The number of aryl methyl sites for hydroxylation is 1. The molecule has 4 aromatic rings. The fraction of sp³-hybridized carbons (Fsp3) is 0.100. The number of hydrogen-bond acceptors (Lipinski definition) is 6. The van der Waals surface area contributed by atoms with E-state index in [-0.39, 0.29) is 16.1 Å². The molecule has 0 spiro atoms. The minimum Gasteiger partial charge on any atom is -0.439 e. The van der Waals surface area contributed by atoms with E-state index in [0.29, 0.717) is 0 Å². The Hall–Kier alpha value is -3.95. The molecule has 2 aromatic carbocycles. The lowest BCUT2D eigenvalue weighted by Gasteiger charge is -2.08. The lowest BCUT2D eigenvalue weighted by Crippen LogP contribution is -2.05. The monoisotopic (exact) mass is 424 g/mol.